The molecule has 156 valence electrons. The fourth-order valence-corrected chi connectivity index (χ4v) is 4.43. The van der Waals surface area contributed by atoms with Gasteiger partial charge < -0.3 is 14.3 Å². The zero-order chi connectivity index (χ0) is 21.1. The van der Waals surface area contributed by atoms with Crippen molar-refractivity contribution in [3.8, 4) is 0 Å². The third-order valence-electron chi connectivity index (χ3n) is 4.83. The van der Waals surface area contributed by atoms with E-state index in [0.717, 1.165) is 5.69 Å². The summed E-state index contributed by atoms with van der Waals surface area (Å²) in [5, 5.41) is 3.65. The van der Waals surface area contributed by atoms with Crippen molar-refractivity contribution in [3.05, 3.63) is 72.1 Å². The first kappa shape index (κ1) is 20.0. The molecule has 0 N–H and O–H groups in total. The molecule has 3 aromatic rings. The van der Waals surface area contributed by atoms with Gasteiger partial charge in [0.05, 0.1) is 4.90 Å². The minimum atomic E-state index is -3.63. The molecule has 1 aliphatic rings. The maximum atomic E-state index is 13.1. The van der Waals surface area contributed by atoms with Gasteiger partial charge in [0.1, 0.15) is 11.6 Å². The number of anilines is 1. The number of hydrogen-bond acceptors (Lipinski definition) is 7. The minimum absolute atomic E-state index is 0.0628. The van der Waals surface area contributed by atoms with Crippen LogP contribution in [0.2, 0.25) is 0 Å². The van der Waals surface area contributed by atoms with Crippen LogP contribution in [0, 0.1) is 5.82 Å². The van der Waals surface area contributed by atoms with Crippen LogP contribution in [0.5, 0.6) is 0 Å². The molecule has 10 heteroatoms. The van der Waals surface area contributed by atoms with Gasteiger partial charge in [0.15, 0.2) is 15.7 Å². The average molecular weight is 430 g/mol. The maximum absolute atomic E-state index is 13.1. The molecule has 0 bridgehead atoms. The Morgan fingerprint density at radius 1 is 1.00 bits per heavy atom. The molecule has 2 heterocycles. The standard InChI is InChI=1S/C20H19FN4O4S/c21-15-6-8-16(9-7-15)24-10-12-25(13-11-24)20(26)19-22-18(23-29-19)14-30(27,28)17-4-2-1-3-5-17/h1-9H,10-14H2. The first-order valence-corrected chi connectivity index (χ1v) is 11.0. The average Bonchev–Trinajstić information content (AvgIpc) is 3.22. The lowest BCUT2D eigenvalue weighted by molar-refractivity contribution is 0.0696. The molecule has 30 heavy (non-hydrogen) atoms. The second-order valence-corrected chi connectivity index (χ2v) is 8.83. The Bertz CT molecular complexity index is 1130. The Balaban J connectivity index is 1.38. The van der Waals surface area contributed by atoms with Gasteiger partial charge in [-0.25, -0.2) is 12.8 Å². The van der Waals surface area contributed by atoms with Gasteiger partial charge in [-0.15, -0.1) is 0 Å². The summed E-state index contributed by atoms with van der Waals surface area (Å²) < 4.78 is 42.9. The molecule has 1 fully saturated rings. The summed E-state index contributed by atoms with van der Waals surface area (Å²) in [7, 11) is -3.63. The van der Waals surface area contributed by atoms with Gasteiger partial charge in [-0.2, -0.15) is 4.98 Å². The lowest BCUT2D eigenvalue weighted by atomic mass is 10.2. The Morgan fingerprint density at radius 2 is 1.67 bits per heavy atom. The van der Waals surface area contributed by atoms with Gasteiger partial charge in [-0.05, 0) is 36.4 Å². The summed E-state index contributed by atoms with van der Waals surface area (Å²) in [6.45, 7) is 1.99. The van der Waals surface area contributed by atoms with E-state index in [1.165, 1.54) is 24.3 Å². The largest absolute Gasteiger partial charge is 0.368 e. The topological polar surface area (TPSA) is 96.6 Å². The number of carbonyl (C=O) groups is 1. The Labute approximate surface area is 172 Å². The molecule has 8 nitrogen and oxygen atoms in total. The molecule has 1 saturated heterocycles. The summed E-state index contributed by atoms with van der Waals surface area (Å²) >= 11 is 0. The van der Waals surface area contributed by atoms with Crippen LogP contribution in [0.4, 0.5) is 10.1 Å². The Kier molecular flexibility index (Phi) is 5.49. The first-order valence-electron chi connectivity index (χ1n) is 9.32. The molecule has 0 radical (unpaired) electrons. The van der Waals surface area contributed by atoms with Gasteiger partial charge in [0, 0.05) is 31.9 Å². The number of carbonyl (C=O) groups excluding carboxylic acids is 1. The van der Waals surface area contributed by atoms with Crippen LogP contribution in [0.25, 0.3) is 0 Å². The number of hydrogen-bond donors (Lipinski definition) is 0. The van der Waals surface area contributed by atoms with Crippen LogP contribution >= 0.6 is 0 Å². The van der Waals surface area contributed by atoms with E-state index in [0.29, 0.717) is 26.2 Å². The lowest BCUT2D eigenvalue weighted by Crippen LogP contribution is -2.48. The molecule has 0 unspecified atom stereocenters. The van der Waals surface area contributed by atoms with Crippen LogP contribution in [-0.2, 0) is 15.6 Å². The van der Waals surface area contributed by atoms with Crippen LogP contribution in [0.1, 0.15) is 16.5 Å². The lowest BCUT2D eigenvalue weighted by Gasteiger charge is -2.35. The molecule has 1 aromatic heterocycles. The summed E-state index contributed by atoms with van der Waals surface area (Å²) in [6.07, 6.45) is 0. The third-order valence-corrected chi connectivity index (χ3v) is 6.46. The third kappa shape index (κ3) is 4.33. The molecule has 0 saturated carbocycles. The number of rotatable bonds is 5. The molecule has 0 spiro atoms. The van der Waals surface area contributed by atoms with Crippen molar-refractivity contribution in [1.29, 1.82) is 0 Å². The van der Waals surface area contributed by atoms with E-state index < -0.39 is 21.5 Å². The van der Waals surface area contributed by atoms with Crippen molar-refractivity contribution < 1.29 is 22.1 Å². The normalized spacial score (nSPS) is 14.7. The molecule has 2 aromatic carbocycles. The van der Waals surface area contributed by atoms with Crippen LogP contribution < -0.4 is 4.90 Å². The van der Waals surface area contributed by atoms with E-state index in [1.54, 1.807) is 35.2 Å². The van der Waals surface area contributed by atoms with E-state index in [2.05, 4.69) is 15.0 Å². The molecule has 0 atom stereocenters. The fraction of sp³-hybridized carbons (Fsp3) is 0.250. The maximum Gasteiger partial charge on any atom is 0.316 e. The number of benzene rings is 2. The highest BCUT2D eigenvalue weighted by Gasteiger charge is 2.27. The molecular weight excluding hydrogens is 411 g/mol. The van der Waals surface area contributed by atoms with Crippen LogP contribution in [0.3, 0.4) is 0 Å². The first-order chi connectivity index (χ1) is 14.4. The zero-order valence-electron chi connectivity index (χ0n) is 15.9. The summed E-state index contributed by atoms with van der Waals surface area (Å²) in [5.74, 6) is -1.49. The number of piperazine rings is 1. The Hall–Kier alpha value is -3.27. The van der Waals surface area contributed by atoms with Crippen LogP contribution in [-0.4, -0.2) is 55.5 Å². The van der Waals surface area contributed by atoms with Gasteiger partial charge in [-0.1, -0.05) is 23.4 Å². The summed E-state index contributed by atoms with van der Waals surface area (Å²) in [4.78, 5) is 20.4. The second-order valence-electron chi connectivity index (χ2n) is 6.84. The number of sulfone groups is 1. The monoisotopic (exact) mass is 430 g/mol. The predicted octanol–water partition coefficient (Wildman–Crippen LogP) is 2.15. The number of halogens is 1. The quantitative estimate of drug-likeness (QED) is 0.612. The zero-order valence-corrected chi connectivity index (χ0v) is 16.8. The fourth-order valence-electron chi connectivity index (χ4n) is 3.24. The SMILES string of the molecule is O=C(c1nc(CS(=O)(=O)c2ccccc2)no1)N1CCN(c2ccc(F)cc2)CC1. The molecule has 4 rings (SSSR count). The molecule has 1 aliphatic heterocycles. The van der Waals surface area contributed by atoms with Gasteiger partial charge in [0.25, 0.3) is 0 Å². The number of nitrogens with zero attached hydrogens (tertiary/aromatic N) is 4. The van der Waals surface area contributed by atoms with Crippen molar-refractivity contribution in [1.82, 2.24) is 15.0 Å². The molecular formula is C20H19FN4O4S. The van der Waals surface area contributed by atoms with Crippen molar-refractivity contribution in [2.24, 2.45) is 0 Å². The summed E-state index contributed by atoms with van der Waals surface area (Å²) in [5.41, 5.74) is 0.884. The highest BCUT2D eigenvalue weighted by molar-refractivity contribution is 7.90. The van der Waals surface area contributed by atoms with Crippen molar-refractivity contribution in [2.45, 2.75) is 10.6 Å². The molecule has 0 aliphatic carbocycles. The van der Waals surface area contributed by atoms with Crippen molar-refractivity contribution in [2.75, 3.05) is 31.1 Å². The van der Waals surface area contributed by atoms with E-state index >= 15 is 0 Å². The predicted molar refractivity (Wildman–Crippen MR) is 106 cm³/mol. The highest BCUT2D eigenvalue weighted by Crippen LogP contribution is 2.18. The van der Waals surface area contributed by atoms with Crippen molar-refractivity contribution >= 4 is 21.4 Å². The minimum Gasteiger partial charge on any atom is -0.368 e. The molecule has 1 amide bonds. The summed E-state index contributed by atoms with van der Waals surface area (Å²) in [6, 6.07) is 14.2. The van der Waals surface area contributed by atoms with E-state index in [9.17, 15) is 17.6 Å². The number of amides is 1. The smallest absolute Gasteiger partial charge is 0.316 e. The van der Waals surface area contributed by atoms with Crippen molar-refractivity contribution in [3.63, 3.8) is 0 Å². The number of aromatic nitrogens is 2. The van der Waals surface area contributed by atoms with Gasteiger partial charge in [-0.3, -0.25) is 4.79 Å². The van der Waals surface area contributed by atoms with E-state index in [4.69, 9.17) is 4.52 Å². The second kappa shape index (κ2) is 8.23. The van der Waals surface area contributed by atoms with E-state index in [1.807, 2.05) is 0 Å². The van der Waals surface area contributed by atoms with Gasteiger partial charge >= 0.3 is 11.8 Å². The van der Waals surface area contributed by atoms with Crippen LogP contribution in [0.15, 0.2) is 64.0 Å². The van der Waals surface area contributed by atoms with Gasteiger partial charge in [0.2, 0.25) is 0 Å². The van der Waals surface area contributed by atoms with E-state index in [-0.39, 0.29) is 22.4 Å². The Morgan fingerprint density at radius 3 is 2.33 bits per heavy atom. The highest BCUT2D eigenvalue weighted by atomic mass is 32.2.